The lowest BCUT2D eigenvalue weighted by Gasteiger charge is -2.24. The molecule has 0 aromatic heterocycles. The Hall–Kier alpha value is -4.79. The third-order valence-electron chi connectivity index (χ3n) is 6.46. The molecular formula is C31H38BrN5O9. The maximum Gasteiger partial charge on any atom is 0.514 e. The second-order valence-electron chi connectivity index (χ2n) is 10.6. The van der Waals surface area contributed by atoms with Gasteiger partial charge in [0.05, 0.1) is 9.41 Å². The number of non-ortho nitro benzene ring substituents is 1. The van der Waals surface area contributed by atoms with Crippen LogP contribution in [0, 0.1) is 16.0 Å². The molecule has 0 saturated heterocycles. The Bertz CT molecular complexity index is 1400. The number of nitro groups is 1. The lowest BCUT2D eigenvalue weighted by Crippen LogP contribution is -2.53. The van der Waals surface area contributed by atoms with Crippen molar-refractivity contribution in [1.29, 1.82) is 0 Å². The number of nitrogens with one attached hydrogen (secondary N) is 4. The fraction of sp³-hybridized carbons (Fsp3) is 0.387. The Balaban J connectivity index is 1.75. The first-order valence-corrected chi connectivity index (χ1v) is 15.3. The minimum Gasteiger partial charge on any atom is -0.429 e. The molecule has 1 unspecified atom stereocenters. The lowest BCUT2D eigenvalue weighted by molar-refractivity contribution is -0.384. The maximum absolute atomic E-state index is 12.9. The van der Waals surface area contributed by atoms with Gasteiger partial charge in [-0.3, -0.25) is 29.3 Å². The van der Waals surface area contributed by atoms with Crippen LogP contribution in [0.15, 0.2) is 59.6 Å². The van der Waals surface area contributed by atoms with Crippen molar-refractivity contribution in [2.45, 2.75) is 65.1 Å². The van der Waals surface area contributed by atoms with Gasteiger partial charge in [0.2, 0.25) is 17.7 Å². The van der Waals surface area contributed by atoms with Crippen LogP contribution in [-0.2, 0) is 30.5 Å². The Morgan fingerprint density at radius 3 is 2.15 bits per heavy atom. The first-order chi connectivity index (χ1) is 21.8. The highest BCUT2D eigenvalue weighted by molar-refractivity contribution is 9.12. The van der Waals surface area contributed by atoms with Gasteiger partial charge in [0.1, 0.15) is 24.4 Å². The molecule has 0 heterocycles. The zero-order valence-corrected chi connectivity index (χ0v) is 27.4. The summed E-state index contributed by atoms with van der Waals surface area (Å²) in [7, 11) is 0. The van der Waals surface area contributed by atoms with Crippen molar-refractivity contribution < 1.29 is 38.4 Å². The number of nitrogens with zero attached hydrogens (tertiary/aromatic N) is 1. The van der Waals surface area contributed by atoms with Gasteiger partial charge in [0.15, 0.2) is 0 Å². The van der Waals surface area contributed by atoms with Crippen LogP contribution < -0.4 is 26.0 Å². The van der Waals surface area contributed by atoms with Crippen molar-refractivity contribution >= 4 is 57.1 Å². The predicted molar refractivity (Wildman–Crippen MR) is 173 cm³/mol. The van der Waals surface area contributed by atoms with Crippen LogP contribution in [0.2, 0.25) is 0 Å². The van der Waals surface area contributed by atoms with E-state index in [9.17, 15) is 34.1 Å². The fourth-order valence-corrected chi connectivity index (χ4v) is 4.01. The van der Waals surface area contributed by atoms with E-state index in [-0.39, 0.29) is 46.7 Å². The van der Waals surface area contributed by atoms with Crippen molar-refractivity contribution in [3.63, 3.8) is 0 Å². The van der Waals surface area contributed by atoms with E-state index in [1.165, 1.54) is 31.2 Å². The number of amides is 4. The highest BCUT2D eigenvalue weighted by atomic mass is 79.9. The average molecular weight is 705 g/mol. The van der Waals surface area contributed by atoms with E-state index in [0.29, 0.717) is 37.1 Å². The van der Waals surface area contributed by atoms with Gasteiger partial charge in [-0.2, -0.15) is 0 Å². The number of carbonyl (C=O) groups excluding carboxylic acids is 5. The molecule has 0 spiro atoms. The van der Waals surface area contributed by atoms with Crippen LogP contribution in [0.5, 0.6) is 5.75 Å². The third-order valence-corrected chi connectivity index (χ3v) is 6.82. The topological polar surface area (TPSA) is 195 Å². The monoisotopic (exact) mass is 703 g/mol. The molecular weight excluding hydrogens is 666 g/mol. The number of halogens is 1. The van der Waals surface area contributed by atoms with E-state index in [1.54, 1.807) is 38.1 Å². The minimum absolute atomic E-state index is 0.0882. The number of ether oxygens (including phenoxy) is 2. The van der Waals surface area contributed by atoms with Crippen molar-refractivity contribution in [2.75, 3.05) is 11.9 Å². The van der Waals surface area contributed by atoms with Gasteiger partial charge in [-0.1, -0.05) is 39.0 Å². The van der Waals surface area contributed by atoms with Crippen molar-refractivity contribution in [2.24, 2.45) is 5.92 Å². The van der Waals surface area contributed by atoms with E-state index in [1.807, 2.05) is 0 Å². The van der Waals surface area contributed by atoms with Gasteiger partial charge in [-0.25, -0.2) is 4.79 Å². The number of carbonyl (C=O) groups is 5. The summed E-state index contributed by atoms with van der Waals surface area (Å²) in [5, 5.41) is 21.5. The van der Waals surface area contributed by atoms with Crippen LogP contribution in [-0.4, -0.2) is 53.3 Å². The average Bonchev–Trinajstić information content (AvgIpc) is 3.00. The summed E-state index contributed by atoms with van der Waals surface area (Å²) in [5.41, 5.74) is 0.895. The Morgan fingerprint density at radius 1 is 0.913 bits per heavy atom. The molecule has 2 atom stereocenters. The molecule has 0 fully saturated rings. The number of rotatable bonds is 17. The number of nitro benzene ring substituents is 1. The predicted octanol–water partition coefficient (Wildman–Crippen LogP) is 4.48. The van der Waals surface area contributed by atoms with Crippen molar-refractivity contribution in [3.8, 4) is 5.75 Å². The van der Waals surface area contributed by atoms with Crippen LogP contribution in [0.1, 0.15) is 52.0 Å². The van der Waals surface area contributed by atoms with Gasteiger partial charge in [0.25, 0.3) is 11.6 Å². The number of benzene rings is 2. The standard InChI is InChI=1S/C31H38BrN5O9/c1-19(2)27(36-26(38)8-6-5-7-17-33-28(39)20(3)32)30(41)34-21(4)29(40)35-23-11-9-22(10-12-23)18-45-31(42)46-25-15-13-24(14-16-25)37(43)44/h9-16,19,21,27H,3,5-8,17-18H2,1-2,4H3,(H,33,39)(H,34,41)(H,35,40)(H,36,38)/t21-,27?/m0/s1. The molecule has 2 aromatic carbocycles. The first-order valence-electron chi connectivity index (χ1n) is 14.5. The Morgan fingerprint density at radius 2 is 1.57 bits per heavy atom. The lowest BCUT2D eigenvalue weighted by atomic mass is 10.0. The van der Waals surface area contributed by atoms with E-state index in [4.69, 9.17) is 9.47 Å². The number of unbranched alkanes of at least 4 members (excludes halogenated alkanes) is 2. The van der Waals surface area contributed by atoms with E-state index >= 15 is 0 Å². The summed E-state index contributed by atoms with van der Waals surface area (Å²) < 4.78 is 10.3. The normalized spacial score (nSPS) is 11.8. The molecule has 0 saturated carbocycles. The number of hydrogen-bond donors (Lipinski definition) is 4. The summed E-state index contributed by atoms with van der Waals surface area (Å²) in [6.45, 7) is 8.93. The molecule has 0 bridgehead atoms. The van der Waals surface area contributed by atoms with E-state index in [2.05, 4.69) is 43.8 Å². The van der Waals surface area contributed by atoms with Gasteiger partial charge in [-0.15, -0.1) is 0 Å². The molecule has 0 radical (unpaired) electrons. The van der Waals surface area contributed by atoms with Crippen molar-refractivity contribution in [3.05, 3.63) is 75.3 Å². The van der Waals surface area contributed by atoms with Gasteiger partial charge in [0, 0.05) is 30.8 Å². The van der Waals surface area contributed by atoms with E-state index in [0.717, 1.165) is 0 Å². The molecule has 2 rings (SSSR count). The van der Waals surface area contributed by atoms with Gasteiger partial charge < -0.3 is 30.7 Å². The molecule has 4 N–H and O–H groups in total. The van der Waals surface area contributed by atoms with Crippen LogP contribution in [0.3, 0.4) is 0 Å². The number of hydrogen-bond acceptors (Lipinski definition) is 9. The first kappa shape index (κ1) is 37.4. The maximum atomic E-state index is 12.9. The molecule has 0 aliphatic rings. The second kappa shape index (κ2) is 18.9. The molecule has 0 aliphatic carbocycles. The molecule has 2 aromatic rings. The molecule has 248 valence electrons. The molecule has 46 heavy (non-hydrogen) atoms. The van der Waals surface area contributed by atoms with Crippen LogP contribution in [0.4, 0.5) is 16.2 Å². The van der Waals surface area contributed by atoms with Crippen LogP contribution >= 0.6 is 15.9 Å². The van der Waals surface area contributed by atoms with Crippen molar-refractivity contribution in [1.82, 2.24) is 16.0 Å². The SMILES string of the molecule is C=C(Br)C(=O)NCCCCCC(=O)NC(C(=O)N[C@@H](C)C(=O)Nc1ccc(COC(=O)Oc2ccc([N+](=O)[O-])cc2)cc1)C(C)C. The zero-order valence-electron chi connectivity index (χ0n) is 25.8. The highest BCUT2D eigenvalue weighted by Gasteiger charge is 2.27. The Kier molecular flexibility index (Phi) is 15.4. The van der Waals surface area contributed by atoms with Gasteiger partial charge >= 0.3 is 6.16 Å². The number of anilines is 1. The fourth-order valence-electron chi connectivity index (χ4n) is 3.87. The summed E-state index contributed by atoms with van der Waals surface area (Å²) in [4.78, 5) is 71.6. The zero-order chi connectivity index (χ0) is 34.2. The summed E-state index contributed by atoms with van der Waals surface area (Å²) in [5.74, 6) is -1.67. The Labute approximate surface area is 274 Å². The molecule has 15 heteroatoms. The second-order valence-corrected chi connectivity index (χ2v) is 11.5. The minimum atomic E-state index is -0.994. The third kappa shape index (κ3) is 13.5. The van der Waals surface area contributed by atoms with E-state index < -0.39 is 35.0 Å². The quantitative estimate of drug-likeness (QED) is 0.0459. The molecule has 14 nitrogen and oxygen atoms in total. The molecule has 0 aliphatic heterocycles. The summed E-state index contributed by atoms with van der Waals surface area (Å²) in [6.07, 6.45) is 1.21. The van der Waals surface area contributed by atoms with Crippen LogP contribution in [0.25, 0.3) is 0 Å². The summed E-state index contributed by atoms with van der Waals surface area (Å²) >= 11 is 3.01. The largest absolute Gasteiger partial charge is 0.514 e. The summed E-state index contributed by atoms with van der Waals surface area (Å²) in [6, 6.07) is 9.64. The highest BCUT2D eigenvalue weighted by Crippen LogP contribution is 2.18. The van der Waals surface area contributed by atoms with Gasteiger partial charge in [-0.05, 0) is 71.4 Å². The smallest absolute Gasteiger partial charge is 0.429 e. The molecule has 4 amide bonds.